The number of ketones is 1. The second kappa shape index (κ2) is 13.6. The Morgan fingerprint density at radius 2 is 1.92 bits per heavy atom. The van der Waals surface area contributed by atoms with Crippen LogP contribution in [0.1, 0.15) is 77.4 Å². The summed E-state index contributed by atoms with van der Waals surface area (Å²) in [7, 11) is 0. The summed E-state index contributed by atoms with van der Waals surface area (Å²) in [6, 6.07) is 0. The quantitative estimate of drug-likeness (QED) is 0.348. The van der Waals surface area contributed by atoms with Crippen LogP contribution in [0.4, 0.5) is 0 Å². The summed E-state index contributed by atoms with van der Waals surface area (Å²) in [6.45, 7) is 8.26. The summed E-state index contributed by atoms with van der Waals surface area (Å²) in [5.41, 5.74) is 0.925. The van der Waals surface area contributed by atoms with Crippen LogP contribution in [-0.2, 0) is 20.9 Å². The standard InChI is InChI=1S/C27H41NO7S/c1-16-7-6-8-19(13-29)9-10-21(17(2)11-20-15-36-23(14-30)28-20)35-24(32)12-22(31)27(4,5)26(34)18(3)25(16)33/h9,11,15-16,18,21-22,25,29-31,33H,6-8,10,12-14H2,1-5H3/t16?,18?,21-,22?,25-/m0/s1. The lowest BCUT2D eigenvalue weighted by Gasteiger charge is -2.34. The second-order valence-electron chi connectivity index (χ2n) is 10.4. The molecule has 202 valence electrons. The number of aliphatic hydroxyl groups excluding tert-OH is 4. The first-order chi connectivity index (χ1) is 16.9. The van der Waals surface area contributed by atoms with Gasteiger partial charge in [0.2, 0.25) is 0 Å². The molecule has 0 saturated heterocycles. The van der Waals surface area contributed by atoms with Crippen LogP contribution in [-0.4, -0.2) is 62.1 Å². The zero-order valence-corrected chi connectivity index (χ0v) is 22.8. The van der Waals surface area contributed by atoms with Gasteiger partial charge in [-0.15, -0.1) is 11.3 Å². The Morgan fingerprint density at radius 1 is 1.22 bits per heavy atom. The van der Waals surface area contributed by atoms with E-state index in [1.807, 2.05) is 19.9 Å². The number of carbonyl (C=O) groups excluding carboxylic acids is 2. The van der Waals surface area contributed by atoms with Gasteiger partial charge in [-0.3, -0.25) is 9.59 Å². The lowest BCUT2D eigenvalue weighted by molar-refractivity contribution is -0.154. The number of nitrogens with zero attached hydrogens (tertiary/aromatic N) is 1. The van der Waals surface area contributed by atoms with E-state index in [2.05, 4.69) is 4.98 Å². The molecular formula is C27H41NO7S. The van der Waals surface area contributed by atoms with Crippen LogP contribution in [0.2, 0.25) is 0 Å². The first-order valence-electron chi connectivity index (χ1n) is 12.5. The summed E-state index contributed by atoms with van der Waals surface area (Å²) < 4.78 is 5.75. The number of hydrogen-bond acceptors (Lipinski definition) is 9. The molecule has 36 heavy (non-hydrogen) atoms. The van der Waals surface area contributed by atoms with Crippen LogP contribution in [0.5, 0.6) is 0 Å². The number of thiazole rings is 1. The average molecular weight is 524 g/mol. The molecule has 5 atom stereocenters. The molecule has 1 aliphatic heterocycles. The molecule has 8 nitrogen and oxygen atoms in total. The molecular weight excluding hydrogens is 482 g/mol. The number of carbonyl (C=O) groups is 2. The lowest BCUT2D eigenvalue weighted by atomic mass is 9.73. The molecule has 0 saturated carbocycles. The molecule has 0 spiro atoms. The summed E-state index contributed by atoms with van der Waals surface area (Å²) in [4.78, 5) is 30.4. The predicted octanol–water partition coefficient (Wildman–Crippen LogP) is 3.42. The molecule has 2 heterocycles. The zero-order valence-electron chi connectivity index (χ0n) is 21.9. The van der Waals surface area contributed by atoms with Crippen LogP contribution in [0, 0.1) is 17.3 Å². The first-order valence-corrected chi connectivity index (χ1v) is 13.4. The average Bonchev–Trinajstić information content (AvgIpc) is 3.30. The minimum atomic E-state index is -1.28. The number of hydrogen-bond donors (Lipinski definition) is 4. The van der Waals surface area contributed by atoms with Crippen molar-refractivity contribution >= 4 is 29.2 Å². The molecule has 1 aromatic rings. The molecule has 0 aromatic carbocycles. The Bertz CT molecular complexity index is 952. The van der Waals surface area contributed by atoms with Crippen molar-refractivity contribution < 1.29 is 34.8 Å². The molecule has 0 bridgehead atoms. The highest BCUT2D eigenvalue weighted by molar-refractivity contribution is 7.09. The van der Waals surface area contributed by atoms with Crippen LogP contribution < -0.4 is 0 Å². The summed E-state index contributed by atoms with van der Waals surface area (Å²) in [5.74, 6) is -1.81. The van der Waals surface area contributed by atoms with Gasteiger partial charge in [-0.1, -0.05) is 33.8 Å². The van der Waals surface area contributed by atoms with E-state index in [0.717, 1.165) is 17.6 Å². The Morgan fingerprint density at radius 3 is 2.53 bits per heavy atom. The zero-order chi connectivity index (χ0) is 27.0. The third-order valence-electron chi connectivity index (χ3n) is 7.18. The highest BCUT2D eigenvalue weighted by Crippen LogP contribution is 2.32. The fraction of sp³-hybridized carbons (Fsp3) is 0.667. The molecule has 2 rings (SSSR count). The van der Waals surface area contributed by atoms with E-state index < -0.39 is 35.6 Å². The molecule has 0 radical (unpaired) electrons. The van der Waals surface area contributed by atoms with Gasteiger partial charge in [0.05, 0.1) is 43.0 Å². The highest BCUT2D eigenvalue weighted by Gasteiger charge is 2.42. The van der Waals surface area contributed by atoms with Crippen molar-refractivity contribution in [2.45, 2.75) is 91.6 Å². The molecule has 1 aliphatic rings. The van der Waals surface area contributed by atoms with Crippen molar-refractivity contribution in [1.29, 1.82) is 0 Å². The summed E-state index contributed by atoms with van der Waals surface area (Å²) >= 11 is 1.33. The number of aromatic nitrogens is 1. The molecule has 0 fully saturated rings. The van der Waals surface area contributed by atoms with Gasteiger partial charge in [-0.05, 0) is 49.3 Å². The van der Waals surface area contributed by atoms with E-state index in [9.17, 15) is 30.0 Å². The van der Waals surface area contributed by atoms with Gasteiger partial charge < -0.3 is 25.2 Å². The molecule has 9 heteroatoms. The lowest BCUT2D eigenvalue weighted by Crippen LogP contribution is -2.45. The summed E-state index contributed by atoms with van der Waals surface area (Å²) in [6.07, 6.45) is 2.81. The highest BCUT2D eigenvalue weighted by atomic mass is 32.1. The van der Waals surface area contributed by atoms with Crippen molar-refractivity contribution in [3.63, 3.8) is 0 Å². The molecule has 3 unspecified atom stereocenters. The van der Waals surface area contributed by atoms with E-state index in [0.29, 0.717) is 30.0 Å². The van der Waals surface area contributed by atoms with Gasteiger partial charge in [-0.2, -0.15) is 0 Å². The molecule has 0 aliphatic carbocycles. The predicted molar refractivity (Wildman–Crippen MR) is 139 cm³/mol. The van der Waals surface area contributed by atoms with Gasteiger partial charge in [-0.25, -0.2) is 4.98 Å². The van der Waals surface area contributed by atoms with Crippen LogP contribution >= 0.6 is 11.3 Å². The number of rotatable bonds is 4. The maximum atomic E-state index is 13.2. The van der Waals surface area contributed by atoms with Crippen molar-refractivity contribution in [1.82, 2.24) is 4.98 Å². The van der Waals surface area contributed by atoms with Gasteiger partial charge in [0.15, 0.2) is 0 Å². The molecule has 1 aromatic heterocycles. The van der Waals surface area contributed by atoms with E-state index in [1.165, 1.54) is 11.3 Å². The Labute approximate surface area is 217 Å². The number of ether oxygens (including phenoxy) is 1. The third kappa shape index (κ3) is 8.05. The van der Waals surface area contributed by atoms with Crippen molar-refractivity contribution in [3.8, 4) is 0 Å². The fourth-order valence-corrected chi connectivity index (χ4v) is 5.09. The van der Waals surface area contributed by atoms with Gasteiger partial charge in [0.25, 0.3) is 0 Å². The maximum Gasteiger partial charge on any atom is 0.309 e. The number of cyclic esters (lactones) is 1. The topological polar surface area (TPSA) is 137 Å². The largest absolute Gasteiger partial charge is 0.457 e. The normalized spacial score (nSPS) is 29.5. The van der Waals surface area contributed by atoms with Crippen LogP contribution in [0.3, 0.4) is 0 Å². The van der Waals surface area contributed by atoms with E-state index in [-0.39, 0.29) is 31.3 Å². The second-order valence-corrected chi connectivity index (χ2v) is 11.3. The maximum absolute atomic E-state index is 13.2. The van der Waals surface area contributed by atoms with E-state index in [1.54, 1.807) is 32.2 Å². The first kappa shape index (κ1) is 30.3. The third-order valence-corrected chi connectivity index (χ3v) is 8.03. The Kier molecular flexibility index (Phi) is 11.4. The van der Waals surface area contributed by atoms with Gasteiger partial charge >= 0.3 is 5.97 Å². The smallest absolute Gasteiger partial charge is 0.309 e. The summed E-state index contributed by atoms with van der Waals surface area (Å²) in [5, 5.41) is 43.1. The Balaban J connectivity index is 2.37. The number of aliphatic hydroxyl groups is 4. The van der Waals surface area contributed by atoms with Gasteiger partial charge in [0.1, 0.15) is 16.9 Å². The minimum absolute atomic E-state index is 0.131. The van der Waals surface area contributed by atoms with Crippen molar-refractivity contribution in [2.75, 3.05) is 6.61 Å². The number of esters is 1. The monoisotopic (exact) mass is 523 g/mol. The minimum Gasteiger partial charge on any atom is -0.457 e. The molecule has 0 amide bonds. The van der Waals surface area contributed by atoms with E-state index >= 15 is 0 Å². The van der Waals surface area contributed by atoms with Crippen LogP contribution in [0.15, 0.2) is 22.6 Å². The Hall–Kier alpha value is -1.91. The fourth-order valence-electron chi connectivity index (χ4n) is 4.48. The van der Waals surface area contributed by atoms with Gasteiger partial charge in [0, 0.05) is 17.7 Å². The van der Waals surface area contributed by atoms with Crippen molar-refractivity contribution in [3.05, 3.63) is 33.3 Å². The van der Waals surface area contributed by atoms with Crippen molar-refractivity contribution in [2.24, 2.45) is 17.3 Å². The SMILES string of the molecule is CC(=Cc1csc(CO)n1)[C@@H]1CC=C(CO)CCCC(C)[C@H](O)C(C)C(=O)C(C)(C)C(O)CC(=O)O1. The number of Topliss-reactive ketones (excluding diaryl/α,β-unsaturated/α-hetero) is 1. The van der Waals surface area contributed by atoms with Crippen LogP contribution in [0.25, 0.3) is 6.08 Å². The van der Waals surface area contributed by atoms with E-state index in [4.69, 9.17) is 4.74 Å². The molecule has 4 N–H and O–H groups in total.